The lowest BCUT2D eigenvalue weighted by molar-refractivity contribution is 0.00693. The van der Waals surface area contributed by atoms with E-state index >= 15 is 0 Å². The molecule has 1 aromatic carbocycles. The highest BCUT2D eigenvalue weighted by atomic mass is 32.1. The Morgan fingerprint density at radius 3 is 2.25 bits per heavy atom. The second kappa shape index (κ2) is 8.88. The van der Waals surface area contributed by atoms with Crippen LogP contribution in [0.5, 0.6) is 0 Å². The Labute approximate surface area is 168 Å². The molecule has 0 bridgehead atoms. The number of amides is 2. The van der Waals surface area contributed by atoms with E-state index in [2.05, 4.69) is 10.6 Å². The normalized spacial score (nSPS) is 10.9. The number of thiophene rings is 1. The molecule has 0 saturated carbocycles. The summed E-state index contributed by atoms with van der Waals surface area (Å²) >= 11 is 1.25. The van der Waals surface area contributed by atoms with Gasteiger partial charge in [-0.05, 0) is 69.8 Å². The highest BCUT2D eigenvalue weighted by Gasteiger charge is 2.20. The number of carbonyl (C=O) groups excluding carboxylic acids is 3. The molecule has 0 fully saturated rings. The van der Waals surface area contributed by atoms with Gasteiger partial charge in [-0.15, -0.1) is 11.3 Å². The molecule has 150 valence electrons. The van der Waals surface area contributed by atoms with Crippen molar-refractivity contribution in [3.05, 3.63) is 46.3 Å². The maximum absolute atomic E-state index is 12.3. The van der Waals surface area contributed by atoms with E-state index in [1.165, 1.54) is 11.3 Å². The van der Waals surface area contributed by atoms with Gasteiger partial charge in [0.15, 0.2) is 0 Å². The number of anilines is 2. The molecule has 0 aliphatic heterocycles. The Morgan fingerprint density at radius 1 is 1.04 bits per heavy atom. The first-order chi connectivity index (χ1) is 13.1. The zero-order valence-corrected chi connectivity index (χ0v) is 17.4. The summed E-state index contributed by atoms with van der Waals surface area (Å²) in [5.74, 6) is -0.907. The molecule has 0 aliphatic carbocycles. The predicted octanol–water partition coefficient (Wildman–Crippen LogP) is 4.83. The number of nitrogens with one attached hydrogen (secondary N) is 2. The maximum Gasteiger partial charge on any atom is 0.341 e. The molecule has 1 heterocycles. The van der Waals surface area contributed by atoms with Crippen molar-refractivity contribution >= 4 is 40.0 Å². The molecule has 8 heteroatoms. The van der Waals surface area contributed by atoms with E-state index in [0.29, 0.717) is 21.8 Å². The third-order valence-electron chi connectivity index (χ3n) is 3.46. The molecular formula is C20H24N2O5S. The summed E-state index contributed by atoms with van der Waals surface area (Å²) in [7, 11) is 0. The minimum absolute atomic E-state index is 0.254. The molecule has 2 N–H and O–H groups in total. The fourth-order valence-electron chi connectivity index (χ4n) is 2.29. The monoisotopic (exact) mass is 404 g/mol. The molecule has 0 saturated heterocycles. The Bertz CT molecular complexity index is 866. The summed E-state index contributed by atoms with van der Waals surface area (Å²) in [5.41, 5.74) is 1.39. The van der Waals surface area contributed by atoms with Gasteiger partial charge in [-0.25, -0.2) is 14.4 Å². The summed E-state index contributed by atoms with van der Waals surface area (Å²) in [6.07, 6.45) is 0. The van der Waals surface area contributed by atoms with Crippen LogP contribution < -0.4 is 10.6 Å². The lowest BCUT2D eigenvalue weighted by Gasteiger charge is -2.19. The van der Waals surface area contributed by atoms with Crippen molar-refractivity contribution in [2.24, 2.45) is 0 Å². The first-order valence-electron chi connectivity index (χ1n) is 8.77. The van der Waals surface area contributed by atoms with Crippen molar-refractivity contribution in [1.29, 1.82) is 0 Å². The van der Waals surface area contributed by atoms with Crippen molar-refractivity contribution in [3.8, 4) is 0 Å². The van der Waals surface area contributed by atoms with Crippen molar-refractivity contribution < 1.29 is 23.9 Å². The molecular weight excluding hydrogens is 380 g/mol. The smallest absolute Gasteiger partial charge is 0.341 e. The Balaban J connectivity index is 2.03. The van der Waals surface area contributed by atoms with Crippen LogP contribution in [-0.4, -0.2) is 30.2 Å². The molecule has 0 radical (unpaired) electrons. The van der Waals surface area contributed by atoms with E-state index in [1.807, 2.05) is 0 Å². The quantitative estimate of drug-likeness (QED) is 0.696. The van der Waals surface area contributed by atoms with Gasteiger partial charge in [-0.3, -0.25) is 5.32 Å². The van der Waals surface area contributed by atoms with Crippen molar-refractivity contribution in [2.45, 2.75) is 40.2 Å². The molecule has 0 aliphatic rings. The van der Waals surface area contributed by atoms with Crippen LogP contribution >= 0.6 is 11.3 Å². The lowest BCUT2D eigenvalue weighted by Crippen LogP contribution is -2.24. The van der Waals surface area contributed by atoms with Crippen LogP contribution in [0.25, 0.3) is 0 Å². The summed E-state index contributed by atoms with van der Waals surface area (Å²) < 4.78 is 10.3. The van der Waals surface area contributed by atoms with E-state index in [9.17, 15) is 14.4 Å². The third-order valence-corrected chi connectivity index (χ3v) is 4.47. The van der Waals surface area contributed by atoms with Gasteiger partial charge in [0.05, 0.1) is 17.7 Å². The second-order valence-corrected chi connectivity index (χ2v) is 7.88. The average molecular weight is 404 g/mol. The number of hydrogen-bond acceptors (Lipinski definition) is 6. The zero-order chi connectivity index (χ0) is 20.9. The molecule has 1 aromatic heterocycles. The van der Waals surface area contributed by atoms with Gasteiger partial charge in [0, 0.05) is 5.69 Å². The van der Waals surface area contributed by atoms with Gasteiger partial charge in [0.2, 0.25) is 0 Å². The Kier molecular flexibility index (Phi) is 6.80. The van der Waals surface area contributed by atoms with E-state index in [0.717, 1.165) is 5.56 Å². The Hall–Kier alpha value is -2.87. The van der Waals surface area contributed by atoms with Crippen LogP contribution in [0.1, 0.15) is 54.0 Å². The summed E-state index contributed by atoms with van der Waals surface area (Å²) in [5, 5.41) is 7.52. The number of esters is 2. The molecule has 2 aromatic rings. The van der Waals surface area contributed by atoms with Crippen LogP contribution in [0.15, 0.2) is 29.6 Å². The SMILES string of the molecule is CCOC(=O)c1c(C)csc1NC(=O)Nc1ccc(C(=O)OC(C)(C)C)cc1. The first-order valence-corrected chi connectivity index (χ1v) is 9.65. The number of urea groups is 1. The van der Waals surface area contributed by atoms with Crippen molar-refractivity contribution in [1.82, 2.24) is 0 Å². The third kappa shape index (κ3) is 5.82. The minimum Gasteiger partial charge on any atom is -0.462 e. The van der Waals surface area contributed by atoms with Crippen molar-refractivity contribution in [2.75, 3.05) is 17.2 Å². The molecule has 2 rings (SSSR count). The minimum atomic E-state index is -0.580. The van der Waals surface area contributed by atoms with Crippen LogP contribution in [0.3, 0.4) is 0 Å². The highest BCUT2D eigenvalue weighted by Crippen LogP contribution is 2.28. The van der Waals surface area contributed by atoms with Crippen LogP contribution in [0.2, 0.25) is 0 Å². The maximum atomic E-state index is 12.3. The van der Waals surface area contributed by atoms with E-state index in [4.69, 9.17) is 9.47 Å². The fourth-order valence-corrected chi connectivity index (χ4v) is 3.21. The van der Waals surface area contributed by atoms with Gasteiger partial charge in [0.1, 0.15) is 10.6 Å². The predicted molar refractivity (Wildman–Crippen MR) is 109 cm³/mol. The standard InChI is InChI=1S/C20H24N2O5S/c1-6-26-18(24)15-12(2)11-28-16(15)22-19(25)21-14-9-7-13(8-10-14)17(23)27-20(3,4)5/h7-11H,6H2,1-5H3,(H2,21,22,25). The van der Waals surface area contributed by atoms with E-state index in [1.54, 1.807) is 64.3 Å². The van der Waals surface area contributed by atoms with Crippen LogP contribution in [0.4, 0.5) is 15.5 Å². The number of ether oxygens (including phenoxy) is 2. The fraction of sp³-hybridized carbons (Fsp3) is 0.350. The summed E-state index contributed by atoms with van der Waals surface area (Å²) in [6.45, 7) is 9.14. The van der Waals surface area contributed by atoms with Crippen LogP contribution in [-0.2, 0) is 9.47 Å². The molecule has 0 unspecified atom stereocenters. The number of benzene rings is 1. The van der Waals surface area contributed by atoms with Gasteiger partial charge < -0.3 is 14.8 Å². The number of hydrogen-bond donors (Lipinski definition) is 2. The number of rotatable bonds is 5. The lowest BCUT2D eigenvalue weighted by atomic mass is 10.1. The molecule has 28 heavy (non-hydrogen) atoms. The largest absolute Gasteiger partial charge is 0.462 e. The average Bonchev–Trinajstić information content (AvgIpc) is 2.94. The van der Waals surface area contributed by atoms with E-state index in [-0.39, 0.29) is 6.61 Å². The zero-order valence-electron chi connectivity index (χ0n) is 16.5. The number of aryl methyl sites for hydroxylation is 1. The highest BCUT2D eigenvalue weighted by molar-refractivity contribution is 7.15. The molecule has 0 spiro atoms. The first kappa shape index (κ1) is 21.4. The summed E-state index contributed by atoms with van der Waals surface area (Å²) in [4.78, 5) is 36.4. The topological polar surface area (TPSA) is 93.7 Å². The second-order valence-electron chi connectivity index (χ2n) is 7.00. The van der Waals surface area contributed by atoms with Crippen molar-refractivity contribution in [3.63, 3.8) is 0 Å². The van der Waals surface area contributed by atoms with E-state index < -0.39 is 23.6 Å². The van der Waals surface area contributed by atoms with Gasteiger partial charge >= 0.3 is 18.0 Å². The molecule has 0 atom stereocenters. The number of carbonyl (C=O) groups is 3. The van der Waals surface area contributed by atoms with Crippen LogP contribution in [0, 0.1) is 6.92 Å². The van der Waals surface area contributed by atoms with Gasteiger partial charge in [0.25, 0.3) is 0 Å². The molecule has 2 amide bonds. The van der Waals surface area contributed by atoms with Gasteiger partial charge in [-0.1, -0.05) is 0 Å². The molecule has 7 nitrogen and oxygen atoms in total. The summed E-state index contributed by atoms with van der Waals surface area (Å²) in [6, 6.07) is 5.85. The Morgan fingerprint density at radius 2 is 1.68 bits per heavy atom. The van der Waals surface area contributed by atoms with Gasteiger partial charge in [-0.2, -0.15) is 0 Å².